The van der Waals surface area contributed by atoms with Crippen LogP contribution in [0.25, 0.3) is 0 Å². The largest absolute Gasteiger partial charge is 0.349 e. The Morgan fingerprint density at radius 3 is 2.68 bits per heavy atom. The molecule has 0 bridgehead atoms. The monoisotopic (exact) mass is 344 g/mol. The second-order valence-electron chi connectivity index (χ2n) is 3.64. The zero-order valence-electron chi connectivity index (χ0n) is 9.36. The molecule has 0 unspecified atom stereocenters. The van der Waals surface area contributed by atoms with Gasteiger partial charge in [0.1, 0.15) is 16.5 Å². The molecule has 0 spiro atoms. The van der Waals surface area contributed by atoms with E-state index in [0.29, 0.717) is 10.2 Å². The quantitative estimate of drug-likeness (QED) is 0.636. The Labute approximate surface area is 121 Å². The van der Waals surface area contributed by atoms with Crippen LogP contribution in [-0.4, -0.2) is 4.92 Å². The van der Waals surface area contributed by atoms with E-state index in [1.807, 2.05) is 0 Å². The molecule has 0 aliphatic rings. The van der Waals surface area contributed by atoms with Crippen LogP contribution in [0, 0.1) is 15.9 Å². The smallest absolute Gasteiger partial charge is 0.311 e. The molecule has 0 saturated carbocycles. The number of anilines is 2. The van der Waals surface area contributed by atoms with Gasteiger partial charge in [0.15, 0.2) is 0 Å². The van der Waals surface area contributed by atoms with Crippen LogP contribution in [0.1, 0.15) is 0 Å². The van der Waals surface area contributed by atoms with Crippen LogP contribution in [0.2, 0.25) is 5.02 Å². The molecule has 19 heavy (non-hydrogen) atoms. The van der Waals surface area contributed by atoms with E-state index in [9.17, 15) is 14.5 Å². The van der Waals surface area contributed by atoms with Crippen LogP contribution in [0.3, 0.4) is 0 Å². The van der Waals surface area contributed by atoms with Crippen molar-refractivity contribution >= 4 is 44.6 Å². The highest BCUT2D eigenvalue weighted by molar-refractivity contribution is 9.10. The SMILES string of the molecule is O=[N+]([O-])c1c(Cl)cccc1Nc1cc(F)ccc1Br. The van der Waals surface area contributed by atoms with Crippen molar-refractivity contribution in [1.82, 2.24) is 0 Å². The Morgan fingerprint density at radius 2 is 2.00 bits per heavy atom. The molecule has 0 heterocycles. The van der Waals surface area contributed by atoms with E-state index in [1.54, 1.807) is 6.07 Å². The van der Waals surface area contributed by atoms with Crippen molar-refractivity contribution in [1.29, 1.82) is 0 Å². The van der Waals surface area contributed by atoms with Gasteiger partial charge < -0.3 is 5.32 Å². The van der Waals surface area contributed by atoms with Crippen LogP contribution in [0.5, 0.6) is 0 Å². The van der Waals surface area contributed by atoms with E-state index in [4.69, 9.17) is 11.6 Å². The summed E-state index contributed by atoms with van der Waals surface area (Å²) in [5.41, 5.74) is 0.328. The fourth-order valence-electron chi connectivity index (χ4n) is 1.54. The van der Waals surface area contributed by atoms with Crippen LogP contribution in [-0.2, 0) is 0 Å². The van der Waals surface area contributed by atoms with Gasteiger partial charge in [0.25, 0.3) is 0 Å². The van der Waals surface area contributed by atoms with Crippen LogP contribution in [0.4, 0.5) is 21.5 Å². The number of halogens is 3. The van der Waals surface area contributed by atoms with Crippen molar-refractivity contribution in [3.8, 4) is 0 Å². The Hall–Kier alpha value is -1.66. The number of hydrogen-bond donors (Lipinski definition) is 1. The molecule has 2 rings (SSSR count). The number of nitro groups is 1. The highest BCUT2D eigenvalue weighted by Crippen LogP contribution is 2.36. The lowest BCUT2D eigenvalue weighted by molar-refractivity contribution is -0.383. The summed E-state index contributed by atoms with van der Waals surface area (Å²) in [6.07, 6.45) is 0. The molecular weight excluding hydrogens is 338 g/mol. The lowest BCUT2D eigenvalue weighted by Gasteiger charge is -2.09. The summed E-state index contributed by atoms with van der Waals surface area (Å²) >= 11 is 9.03. The average molecular weight is 346 g/mol. The van der Waals surface area contributed by atoms with E-state index in [1.165, 1.54) is 30.3 Å². The third kappa shape index (κ3) is 3.02. The molecule has 0 amide bonds. The van der Waals surface area contributed by atoms with Crippen molar-refractivity contribution in [2.45, 2.75) is 0 Å². The Kier molecular flexibility index (Phi) is 4.01. The molecule has 0 aliphatic carbocycles. The van der Waals surface area contributed by atoms with Crippen molar-refractivity contribution in [2.75, 3.05) is 5.32 Å². The highest BCUT2D eigenvalue weighted by atomic mass is 79.9. The number of nitrogens with one attached hydrogen (secondary N) is 1. The minimum Gasteiger partial charge on any atom is -0.349 e. The molecule has 2 aromatic rings. The zero-order valence-corrected chi connectivity index (χ0v) is 11.7. The number of nitrogens with zero attached hydrogens (tertiary/aromatic N) is 1. The zero-order chi connectivity index (χ0) is 14.0. The van der Waals surface area contributed by atoms with Crippen molar-refractivity contribution < 1.29 is 9.31 Å². The van der Waals surface area contributed by atoms with Crippen molar-refractivity contribution in [3.63, 3.8) is 0 Å². The molecule has 2 aromatic carbocycles. The van der Waals surface area contributed by atoms with Gasteiger partial charge in [-0.05, 0) is 46.3 Å². The van der Waals surface area contributed by atoms with Gasteiger partial charge in [-0.1, -0.05) is 17.7 Å². The first-order valence-electron chi connectivity index (χ1n) is 5.14. The van der Waals surface area contributed by atoms with Crippen molar-refractivity contribution in [2.24, 2.45) is 0 Å². The van der Waals surface area contributed by atoms with Gasteiger partial charge in [0.05, 0.1) is 10.6 Å². The normalized spacial score (nSPS) is 10.3. The van der Waals surface area contributed by atoms with E-state index in [-0.39, 0.29) is 16.4 Å². The first-order valence-corrected chi connectivity index (χ1v) is 6.31. The van der Waals surface area contributed by atoms with E-state index < -0.39 is 10.7 Å². The number of para-hydroxylation sites is 1. The summed E-state index contributed by atoms with van der Waals surface area (Å²) in [6.45, 7) is 0. The second-order valence-corrected chi connectivity index (χ2v) is 4.90. The predicted molar refractivity (Wildman–Crippen MR) is 75.5 cm³/mol. The topological polar surface area (TPSA) is 55.2 Å². The average Bonchev–Trinajstić information content (AvgIpc) is 2.33. The van der Waals surface area contributed by atoms with Gasteiger partial charge in [0, 0.05) is 4.47 Å². The first kappa shape index (κ1) is 13.8. The maximum Gasteiger partial charge on any atom is 0.311 e. The third-order valence-corrected chi connectivity index (χ3v) is 3.36. The fraction of sp³-hybridized carbons (Fsp3) is 0. The summed E-state index contributed by atoms with van der Waals surface area (Å²) in [4.78, 5) is 10.4. The minimum atomic E-state index is -0.585. The molecule has 0 radical (unpaired) electrons. The van der Waals surface area contributed by atoms with Gasteiger partial charge in [-0.3, -0.25) is 10.1 Å². The summed E-state index contributed by atoms with van der Waals surface area (Å²) in [5, 5.41) is 13.8. The predicted octanol–water partition coefficient (Wildman–Crippen LogP) is 4.89. The highest BCUT2D eigenvalue weighted by Gasteiger charge is 2.19. The summed E-state index contributed by atoms with van der Waals surface area (Å²) < 4.78 is 13.8. The Morgan fingerprint density at radius 1 is 1.26 bits per heavy atom. The van der Waals surface area contributed by atoms with Crippen molar-refractivity contribution in [3.05, 3.63) is 61.8 Å². The fourth-order valence-corrected chi connectivity index (χ4v) is 2.13. The molecule has 1 N–H and O–H groups in total. The van der Waals surface area contributed by atoms with Crippen LogP contribution >= 0.6 is 27.5 Å². The van der Waals surface area contributed by atoms with Gasteiger partial charge in [-0.2, -0.15) is 0 Å². The molecular formula is C12H7BrClFN2O2. The molecule has 0 fully saturated rings. The third-order valence-electron chi connectivity index (χ3n) is 2.37. The van der Waals surface area contributed by atoms with E-state index in [2.05, 4.69) is 21.2 Å². The number of hydrogen-bond acceptors (Lipinski definition) is 3. The van der Waals surface area contributed by atoms with Crippen LogP contribution in [0.15, 0.2) is 40.9 Å². The van der Waals surface area contributed by atoms with Gasteiger partial charge in [0.2, 0.25) is 0 Å². The second kappa shape index (κ2) is 5.54. The van der Waals surface area contributed by atoms with Crippen LogP contribution < -0.4 is 5.32 Å². The maximum absolute atomic E-state index is 13.2. The summed E-state index contributed by atoms with van der Waals surface area (Å²) in [7, 11) is 0. The Balaban J connectivity index is 2.46. The Bertz CT molecular complexity index is 652. The molecule has 0 saturated heterocycles. The van der Waals surface area contributed by atoms with Gasteiger partial charge in [-0.15, -0.1) is 0 Å². The number of nitro benzene ring substituents is 1. The summed E-state index contributed by atoms with van der Waals surface area (Å²) in [5.74, 6) is -0.449. The van der Waals surface area contributed by atoms with Gasteiger partial charge >= 0.3 is 5.69 Å². The van der Waals surface area contributed by atoms with Gasteiger partial charge in [-0.25, -0.2) is 4.39 Å². The first-order chi connectivity index (χ1) is 8.99. The lowest BCUT2D eigenvalue weighted by atomic mass is 10.2. The standard InChI is InChI=1S/C12H7BrClFN2O2/c13-8-5-4-7(15)6-11(8)16-10-3-1-2-9(14)12(10)17(18)19/h1-6,16H. The number of rotatable bonds is 3. The molecule has 0 atom stereocenters. The lowest BCUT2D eigenvalue weighted by Crippen LogP contribution is -1.98. The summed E-state index contributed by atoms with van der Waals surface area (Å²) in [6, 6.07) is 8.52. The van der Waals surface area contributed by atoms with E-state index >= 15 is 0 Å². The molecule has 4 nitrogen and oxygen atoms in total. The molecule has 0 aliphatic heterocycles. The van der Waals surface area contributed by atoms with E-state index in [0.717, 1.165) is 0 Å². The molecule has 7 heteroatoms. The maximum atomic E-state index is 13.2. The number of benzene rings is 2. The minimum absolute atomic E-state index is 0.0162. The molecule has 98 valence electrons. The molecule has 0 aromatic heterocycles.